The van der Waals surface area contributed by atoms with Gasteiger partial charge in [-0.15, -0.1) is 10.2 Å². The summed E-state index contributed by atoms with van der Waals surface area (Å²) in [7, 11) is 0. The van der Waals surface area contributed by atoms with E-state index in [2.05, 4.69) is 20.4 Å². The van der Waals surface area contributed by atoms with Crippen molar-refractivity contribution in [2.24, 2.45) is 0 Å². The molecule has 2 heterocycles. The first-order valence-corrected chi connectivity index (χ1v) is 6.64. The van der Waals surface area contributed by atoms with E-state index in [0.717, 1.165) is 25.6 Å². The van der Waals surface area contributed by atoms with Gasteiger partial charge in [0, 0.05) is 25.2 Å². The average molecular weight is 267 g/mol. The molecule has 0 aromatic carbocycles. The molecule has 5 nitrogen and oxygen atoms in total. The molecule has 0 bridgehead atoms. The maximum absolute atomic E-state index is 11.9. The number of likely N-dealkylation sites (tertiary alicyclic amines) is 1. The minimum Gasteiger partial charge on any atom is -0.347 e. The Morgan fingerprint density at radius 1 is 1.33 bits per heavy atom. The van der Waals surface area contributed by atoms with Gasteiger partial charge in [-0.3, -0.25) is 9.69 Å². The standard InChI is InChI=1S/C12H15ClN4O/c13-11-4-3-10(15-16-11)12(18)14-8-5-6-17(7-8)9-1-2-9/h3-4,8-9H,1-2,5-7H2,(H,14,18). The predicted molar refractivity (Wildman–Crippen MR) is 67.5 cm³/mol. The van der Waals surface area contributed by atoms with Crippen LogP contribution < -0.4 is 5.32 Å². The van der Waals surface area contributed by atoms with Crippen molar-refractivity contribution in [2.75, 3.05) is 13.1 Å². The van der Waals surface area contributed by atoms with E-state index in [1.165, 1.54) is 12.8 Å². The fourth-order valence-electron chi connectivity index (χ4n) is 2.37. The summed E-state index contributed by atoms with van der Waals surface area (Å²) in [4.78, 5) is 14.4. The molecule has 1 aliphatic heterocycles. The maximum atomic E-state index is 11.9. The van der Waals surface area contributed by atoms with Crippen LogP contribution in [0, 0.1) is 0 Å². The molecule has 1 saturated carbocycles. The van der Waals surface area contributed by atoms with Gasteiger partial charge in [-0.05, 0) is 31.4 Å². The summed E-state index contributed by atoms with van der Waals surface area (Å²) in [6.45, 7) is 2.04. The third-order valence-electron chi connectivity index (χ3n) is 3.48. The van der Waals surface area contributed by atoms with Crippen LogP contribution >= 0.6 is 11.6 Å². The molecule has 6 heteroatoms. The lowest BCUT2D eigenvalue weighted by Gasteiger charge is -2.15. The topological polar surface area (TPSA) is 58.1 Å². The van der Waals surface area contributed by atoms with E-state index in [-0.39, 0.29) is 11.9 Å². The fourth-order valence-corrected chi connectivity index (χ4v) is 2.47. The summed E-state index contributed by atoms with van der Waals surface area (Å²) < 4.78 is 0. The van der Waals surface area contributed by atoms with Crippen LogP contribution in [0.1, 0.15) is 29.8 Å². The smallest absolute Gasteiger partial charge is 0.272 e. The molecule has 1 unspecified atom stereocenters. The lowest BCUT2D eigenvalue weighted by Crippen LogP contribution is -2.37. The van der Waals surface area contributed by atoms with Crippen molar-refractivity contribution in [1.82, 2.24) is 20.4 Å². The van der Waals surface area contributed by atoms with Gasteiger partial charge in [0.15, 0.2) is 10.8 Å². The Hall–Kier alpha value is -1.20. The molecule has 1 saturated heterocycles. The van der Waals surface area contributed by atoms with Gasteiger partial charge >= 0.3 is 0 Å². The summed E-state index contributed by atoms with van der Waals surface area (Å²) in [6.07, 6.45) is 3.63. The Bertz CT molecular complexity index is 446. The van der Waals surface area contributed by atoms with Crippen LogP contribution in [0.5, 0.6) is 0 Å². The summed E-state index contributed by atoms with van der Waals surface area (Å²) in [5, 5.41) is 10.8. The Labute approximate surface area is 111 Å². The lowest BCUT2D eigenvalue weighted by atomic mass is 10.2. The third kappa shape index (κ3) is 2.62. The van der Waals surface area contributed by atoms with Crippen LogP contribution in [-0.2, 0) is 0 Å². The molecular weight excluding hydrogens is 252 g/mol. The van der Waals surface area contributed by atoms with Crippen molar-refractivity contribution in [1.29, 1.82) is 0 Å². The molecule has 1 atom stereocenters. The highest BCUT2D eigenvalue weighted by atomic mass is 35.5. The number of amides is 1. The quantitative estimate of drug-likeness (QED) is 0.890. The Morgan fingerprint density at radius 3 is 2.83 bits per heavy atom. The SMILES string of the molecule is O=C(NC1CCN(C2CC2)C1)c1ccc(Cl)nn1. The molecule has 3 rings (SSSR count). The van der Waals surface area contributed by atoms with Gasteiger partial charge in [0.1, 0.15) is 0 Å². The van der Waals surface area contributed by atoms with E-state index < -0.39 is 0 Å². The Kier molecular flexibility index (Phi) is 3.18. The van der Waals surface area contributed by atoms with Crippen molar-refractivity contribution < 1.29 is 4.79 Å². The number of hydrogen-bond donors (Lipinski definition) is 1. The number of hydrogen-bond acceptors (Lipinski definition) is 4. The van der Waals surface area contributed by atoms with Gasteiger partial charge in [0.25, 0.3) is 5.91 Å². The molecular formula is C12H15ClN4O. The largest absolute Gasteiger partial charge is 0.347 e. The zero-order valence-electron chi connectivity index (χ0n) is 9.97. The van der Waals surface area contributed by atoms with E-state index in [0.29, 0.717) is 10.8 Å². The van der Waals surface area contributed by atoms with Crippen LogP contribution in [0.3, 0.4) is 0 Å². The lowest BCUT2D eigenvalue weighted by molar-refractivity contribution is 0.0931. The molecule has 1 amide bonds. The van der Waals surface area contributed by atoms with Crippen LogP contribution in [-0.4, -0.2) is 46.2 Å². The zero-order chi connectivity index (χ0) is 12.5. The maximum Gasteiger partial charge on any atom is 0.272 e. The first kappa shape index (κ1) is 11.9. The van der Waals surface area contributed by atoms with E-state index in [1.54, 1.807) is 12.1 Å². The number of nitrogens with one attached hydrogen (secondary N) is 1. The van der Waals surface area contributed by atoms with Crippen molar-refractivity contribution in [3.63, 3.8) is 0 Å². The highest BCUT2D eigenvalue weighted by molar-refractivity contribution is 6.29. The molecule has 2 fully saturated rings. The Morgan fingerprint density at radius 2 is 2.17 bits per heavy atom. The third-order valence-corrected chi connectivity index (χ3v) is 3.68. The fraction of sp³-hybridized carbons (Fsp3) is 0.583. The molecule has 1 aromatic rings. The molecule has 0 radical (unpaired) electrons. The summed E-state index contributed by atoms with van der Waals surface area (Å²) in [5.74, 6) is -0.165. The Balaban J connectivity index is 1.56. The number of halogens is 1. The van der Waals surface area contributed by atoms with Gasteiger partial charge in [-0.25, -0.2) is 0 Å². The van der Waals surface area contributed by atoms with Crippen LogP contribution in [0.15, 0.2) is 12.1 Å². The van der Waals surface area contributed by atoms with E-state index in [9.17, 15) is 4.79 Å². The number of carbonyl (C=O) groups is 1. The van der Waals surface area contributed by atoms with Gasteiger partial charge < -0.3 is 5.32 Å². The number of nitrogens with zero attached hydrogens (tertiary/aromatic N) is 3. The van der Waals surface area contributed by atoms with Crippen molar-refractivity contribution >= 4 is 17.5 Å². The normalized spacial score (nSPS) is 24.2. The van der Waals surface area contributed by atoms with Gasteiger partial charge in [-0.2, -0.15) is 0 Å². The first-order chi connectivity index (χ1) is 8.72. The van der Waals surface area contributed by atoms with E-state index >= 15 is 0 Å². The second kappa shape index (κ2) is 4.82. The van der Waals surface area contributed by atoms with Crippen LogP contribution in [0.25, 0.3) is 0 Å². The second-order valence-corrected chi connectivity index (χ2v) is 5.31. The van der Waals surface area contributed by atoms with Gasteiger partial charge in [0.2, 0.25) is 0 Å². The molecule has 96 valence electrons. The van der Waals surface area contributed by atoms with E-state index in [1.807, 2.05) is 0 Å². The zero-order valence-corrected chi connectivity index (χ0v) is 10.7. The molecule has 1 aromatic heterocycles. The van der Waals surface area contributed by atoms with Crippen molar-refractivity contribution in [2.45, 2.75) is 31.3 Å². The number of rotatable bonds is 3. The highest BCUT2D eigenvalue weighted by Crippen LogP contribution is 2.29. The van der Waals surface area contributed by atoms with E-state index in [4.69, 9.17) is 11.6 Å². The minimum atomic E-state index is -0.165. The van der Waals surface area contributed by atoms with Crippen LogP contribution in [0.2, 0.25) is 5.15 Å². The number of aromatic nitrogens is 2. The predicted octanol–water partition coefficient (Wildman–Crippen LogP) is 1.10. The molecule has 2 aliphatic rings. The summed E-state index contributed by atoms with van der Waals surface area (Å²) in [6, 6.07) is 4.17. The molecule has 18 heavy (non-hydrogen) atoms. The van der Waals surface area contributed by atoms with Gasteiger partial charge in [-0.1, -0.05) is 11.6 Å². The summed E-state index contributed by atoms with van der Waals surface area (Å²) in [5.41, 5.74) is 0.323. The monoisotopic (exact) mass is 266 g/mol. The van der Waals surface area contributed by atoms with Gasteiger partial charge in [0.05, 0.1) is 0 Å². The highest BCUT2D eigenvalue weighted by Gasteiger charge is 2.34. The average Bonchev–Trinajstić information content (AvgIpc) is 3.11. The minimum absolute atomic E-state index is 0.165. The molecule has 1 N–H and O–H groups in total. The molecule has 1 aliphatic carbocycles. The summed E-state index contributed by atoms with van der Waals surface area (Å²) >= 11 is 5.64. The van der Waals surface area contributed by atoms with Crippen LogP contribution in [0.4, 0.5) is 0 Å². The van der Waals surface area contributed by atoms with Crippen molar-refractivity contribution in [3.05, 3.63) is 23.0 Å². The molecule has 0 spiro atoms. The second-order valence-electron chi connectivity index (χ2n) is 4.93. The number of carbonyl (C=O) groups excluding carboxylic acids is 1. The van der Waals surface area contributed by atoms with Crippen molar-refractivity contribution in [3.8, 4) is 0 Å². The first-order valence-electron chi connectivity index (χ1n) is 6.26.